The van der Waals surface area contributed by atoms with Gasteiger partial charge in [0.15, 0.2) is 0 Å². The Bertz CT molecular complexity index is 879. The van der Waals surface area contributed by atoms with Crippen LogP contribution in [0.3, 0.4) is 0 Å². The Morgan fingerprint density at radius 2 is 1.61 bits per heavy atom. The van der Waals surface area contributed by atoms with E-state index in [2.05, 4.69) is 49.5 Å². The molecule has 31 heavy (non-hydrogen) atoms. The first-order valence-electron chi connectivity index (χ1n) is 11.2. The summed E-state index contributed by atoms with van der Waals surface area (Å²) >= 11 is 0. The van der Waals surface area contributed by atoms with Crippen LogP contribution in [0.15, 0.2) is 48.5 Å². The van der Waals surface area contributed by atoms with Crippen LogP contribution in [0.4, 0.5) is 0 Å². The lowest BCUT2D eigenvalue weighted by molar-refractivity contribution is -0.141. The van der Waals surface area contributed by atoms with Crippen LogP contribution in [0, 0.1) is 6.92 Å². The molecule has 0 radical (unpaired) electrons. The zero-order chi connectivity index (χ0) is 23.2. The van der Waals surface area contributed by atoms with E-state index >= 15 is 0 Å². The zero-order valence-electron chi connectivity index (χ0n) is 20.2. The maximum Gasteiger partial charge on any atom is 0.242 e. The van der Waals surface area contributed by atoms with E-state index in [1.807, 2.05) is 52.8 Å². The summed E-state index contributed by atoms with van der Waals surface area (Å²) < 4.78 is 0. The number of nitrogens with one attached hydrogen (secondary N) is 1. The van der Waals surface area contributed by atoms with Gasteiger partial charge in [0.25, 0.3) is 0 Å². The summed E-state index contributed by atoms with van der Waals surface area (Å²) in [6.07, 6.45) is 1.04. The van der Waals surface area contributed by atoms with Crippen molar-refractivity contribution in [2.75, 3.05) is 0 Å². The number of amides is 2. The lowest BCUT2D eigenvalue weighted by Crippen LogP contribution is -2.52. The molecule has 0 aliphatic rings. The van der Waals surface area contributed by atoms with E-state index in [1.165, 1.54) is 5.56 Å². The van der Waals surface area contributed by atoms with Crippen LogP contribution < -0.4 is 5.32 Å². The molecule has 0 bridgehead atoms. The van der Waals surface area contributed by atoms with Gasteiger partial charge in [-0.2, -0.15) is 0 Å². The summed E-state index contributed by atoms with van der Waals surface area (Å²) in [6.45, 7) is 14.5. The number of hydrogen-bond acceptors (Lipinski definition) is 2. The summed E-state index contributed by atoms with van der Waals surface area (Å²) in [5, 5.41) is 3.01. The highest BCUT2D eigenvalue weighted by Crippen LogP contribution is 2.17. The SMILES string of the molecule is Cc1cccc(CN(C(=O)CCc2ccc(C(C)C)cc2)[C@H](C)C(=O)NC(C)(C)C)c1. The fourth-order valence-electron chi connectivity index (χ4n) is 3.53. The van der Waals surface area contributed by atoms with Gasteiger partial charge < -0.3 is 10.2 Å². The summed E-state index contributed by atoms with van der Waals surface area (Å²) in [5.74, 6) is 0.350. The molecular formula is C27H38N2O2. The summed E-state index contributed by atoms with van der Waals surface area (Å²) in [4.78, 5) is 27.8. The van der Waals surface area contributed by atoms with Crippen LogP contribution in [-0.4, -0.2) is 28.3 Å². The van der Waals surface area contributed by atoms with Crippen molar-refractivity contribution in [3.05, 3.63) is 70.8 Å². The van der Waals surface area contributed by atoms with Crippen molar-refractivity contribution >= 4 is 11.8 Å². The topological polar surface area (TPSA) is 49.4 Å². The van der Waals surface area contributed by atoms with Crippen molar-refractivity contribution < 1.29 is 9.59 Å². The number of carbonyl (C=O) groups is 2. The minimum atomic E-state index is -0.546. The number of benzene rings is 2. The van der Waals surface area contributed by atoms with Gasteiger partial charge in [0.2, 0.25) is 11.8 Å². The Labute approximate surface area is 188 Å². The third-order valence-electron chi connectivity index (χ3n) is 5.37. The van der Waals surface area contributed by atoms with Gasteiger partial charge in [-0.1, -0.05) is 67.9 Å². The second-order valence-corrected chi connectivity index (χ2v) is 9.82. The van der Waals surface area contributed by atoms with Gasteiger partial charge in [-0.25, -0.2) is 0 Å². The first kappa shape index (κ1) is 24.6. The van der Waals surface area contributed by atoms with Crippen LogP contribution in [0.2, 0.25) is 0 Å². The van der Waals surface area contributed by atoms with Crippen LogP contribution in [-0.2, 0) is 22.6 Å². The molecule has 0 aliphatic carbocycles. The van der Waals surface area contributed by atoms with E-state index in [0.717, 1.165) is 16.7 Å². The van der Waals surface area contributed by atoms with E-state index in [-0.39, 0.29) is 17.4 Å². The molecule has 0 fully saturated rings. The van der Waals surface area contributed by atoms with E-state index in [4.69, 9.17) is 0 Å². The van der Waals surface area contributed by atoms with Gasteiger partial charge in [-0.05, 0) is 63.6 Å². The van der Waals surface area contributed by atoms with Crippen LogP contribution >= 0.6 is 0 Å². The second-order valence-electron chi connectivity index (χ2n) is 9.82. The third kappa shape index (κ3) is 7.86. The number of hydrogen-bond donors (Lipinski definition) is 1. The normalized spacial score (nSPS) is 12.5. The molecule has 0 aliphatic heterocycles. The van der Waals surface area contributed by atoms with E-state index in [9.17, 15) is 9.59 Å². The molecule has 2 rings (SSSR count). The fourth-order valence-corrected chi connectivity index (χ4v) is 3.53. The Balaban J connectivity index is 2.15. The minimum Gasteiger partial charge on any atom is -0.350 e. The smallest absolute Gasteiger partial charge is 0.242 e. The molecule has 0 spiro atoms. The van der Waals surface area contributed by atoms with Gasteiger partial charge in [-0.15, -0.1) is 0 Å². The van der Waals surface area contributed by atoms with Crippen molar-refractivity contribution in [1.82, 2.24) is 10.2 Å². The largest absolute Gasteiger partial charge is 0.350 e. The standard InChI is InChI=1S/C27H38N2O2/c1-19(2)24-14-11-22(12-15-24)13-16-25(30)29(18-23-10-8-9-20(3)17-23)21(4)26(31)28-27(5,6)7/h8-12,14-15,17,19,21H,13,16,18H2,1-7H3,(H,28,31)/t21-/m1/s1. The maximum absolute atomic E-state index is 13.2. The Hall–Kier alpha value is -2.62. The predicted octanol–water partition coefficient (Wildman–Crippen LogP) is 5.38. The van der Waals surface area contributed by atoms with Gasteiger partial charge in [0, 0.05) is 18.5 Å². The molecule has 0 heterocycles. The van der Waals surface area contributed by atoms with Crippen molar-refractivity contribution in [3.8, 4) is 0 Å². The molecule has 1 N–H and O–H groups in total. The monoisotopic (exact) mass is 422 g/mol. The fraction of sp³-hybridized carbons (Fsp3) is 0.481. The zero-order valence-corrected chi connectivity index (χ0v) is 20.2. The molecular weight excluding hydrogens is 384 g/mol. The highest BCUT2D eigenvalue weighted by Gasteiger charge is 2.28. The third-order valence-corrected chi connectivity index (χ3v) is 5.37. The maximum atomic E-state index is 13.2. The lowest BCUT2D eigenvalue weighted by atomic mass is 10.00. The Kier molecular flexibility index (Phi) is 8.43. The molecule has 2 aromatic rings. The molecule has 0 aromatic heterocycles. The van der Waals surface area contributed by atoms with Crippen molar-refractivity contribution in [1.29, 1.82) is 0 Å². The minimum absolute atomic E-state index is 0.00833. The van der Waals surface area contributed by atoms with Crippen LogP contribution in [0.1, 0.15) is 76.1 Å². The lowest BCUT2D eigenvalue weighted by Gasteiger charge is -2.31. The molecule has 1 atom stereocenters. The van der Waals surface area contributed by atoms with E-state index in [0.29, 0.717) is 25.3 Å². The average Bonchev–Trinajstić information content (AvgIpc) is 2.68. The molecule has 2 amide bonds. The Morgan fingerprint density at radius 1 is 0.968 bits per heavy atom. The summed E-state index contributed by atoms with van der Waals surface area (Å²) in [6, 6.07) is 16.0. The second kappa shape index (κ2) is 10.6. The van der Waals surface area contributed by atoms with Crippen LogP contribution in [0.25, 0.3) is 0 Å². The van der Waals surface area contributed by atoms with Gasteiger partial charge in [0.05, 0.1) is 0 Å². The number of nitrogens with zero attached hydrogens (tertiary/aromatic N) is 1. The van der Waals surface area contributed by atoms with Crippen molar-refractivity contribution in [2.45, 2.75) is 85.4 Å². The van der Waals surface area contributed by atoms with Crippen LogP contribution in [0.5, 0.6) is 0 Å². The highest BCUT2D eigenvalue weighted by molar-refractivity contribution is 5.87. The quantitative estimate of drug-likeness (QED) is 0.621. The van der Waals surface area contributed by atoms with E-state index in [1.54, 1.807) is 4.90 Å². The van der Waals surface area contributed by atoms with Crippen molar-refractivity contribution in [3.63, 3.8) is 0 Å². The molecule has 4 heteroatoms. The average molecular weight is 423 g/mol. The number of rotatable bonds is 8. The number of aryl methyl sites for hydroxylation is 2. The Morgan fingerprint density at radius 3 is 2.16 bits per heavy atom. The number of carbonyl (C=O) groups excluding carboxylic acids is 2. The summed E-state index contributed by atoms with van der Waals surface area (Å²) in [5.41, 5.74) is 4.26. The summed E-state index contributed by atoms with van der Waals surface area (Å²) in [7, 11) is 0. The van der Waals surface area contributed by atoms with E-state index < -0.39 is 6.04 Å². The first-order chi connectivity index (χ1) is 14.5. The first-order valence-corrected chi connectivity index (χ1v) is 11.2. The van der Waals surface area contributed by atoms with Gasteiger partial charge >= 0.3 is 0 Å². The highest BCUT2D eigenvalue weighted by atomic mass is 16.2. The van der Waals surface area contributed by atoms with Gasteiger partial charge in [0.1, 0.15) is 6.04 Å². The molecule has 4 nitrogen and oxygen atoms in total. The van der Waals surface area contributed by atoms with Gasteiger partial charge in [-0.3, -0.25) is 9.59 Å². The molecule has 0 unspecified atom stereocenters. The molecule has 0 saturated heterocycles. The predicted molar refractivity (Wildman–Crippen MR) is 128 cm³/mol. The molecule has 0 saturated carbocycles. The molecule has 168 valence electrons. The van der Waals surface area contributed by atoms with Crippen molar-refractivity contribution in [2.24, 2.45) is 0 Å². The molecule has 2 aromatic carbocycles.